The van der Waals surface area contributed by atoms with Crippen LogP contribution in [0.15, 0.2) is 66.7 Å². The number of hydrogen-bond acceptors (Lipinski definition) is 1. The molecule has 0 N–H and O–H groups in total. The van der Waals surface area contributed by atoms with Crippen molar-refractivity contribution in [1.29, 1.82) is 0 Å². The molecule has 0 saturated heterocycles. The molecule has 5 aromatic rings. The fraction of sp³-hybridized carbons (Fsp3) is 0.130. The van der Waals surface area contributed by atoms with Gasteiger partial charge in [-0.3, -0.25) is 0 Å². The highest BCUT2D eigenvalue weighted by Crippen LogP contribution is 2.40. The normalized spacial score (nSPS) is 11.9. The second-order valence-corrected chi connectivity index (χ2v) is 7.59. The van der Waals surface area contributed by atoms with Crippen LogP contribution in [0.5, 0.6) is 0 Å². The average Bonchev–Trinajstić information content (AvgIpc) is 3.00. The van der Waals surface area contributed by atoms with E-state index in [9.17, 15) is 0 Å². The van der Waals surface area contributed by atoms with Gasteiger partial charge in [0.25, 0.3) is 0 Å². The first-order valence-electron chi connectivity index (χ1n) is 8.61. The SMILES string of the molecule is CCCc1ccc2c(ccc3c2ccc2sc4ccccc4c23)c1. The highest BCUT2D eigenvalue weighted by atomic mass is 32.1. The summed E-state index contributed by atoms with van der Waals surface area (Å²) in [6.45, 7) is 2.24. The summed E-state index contributed by atoms with van der Waals surface area (Å²) in [6.07, 6.45) is 2.35. The van der Waals surface area contributed by atoms with E-state index in [-0.39, 0.29) is 0 Å². The number of fused-ring (bicyclic) bond motifs is 7. The quantitative estimate of drug-likeness (QED) is 0.298. The Hall–Kier alpha value is -2.38. The standard InChI is InChI=1S/C23H18S/c1-2-5-15-8-10-17-16(14-15)9-11-19-18(17)12-13-22-23(19)20-6-3-4-7-21(20)24-22/h3-4,6-14H,2,5H2,1H3. The monoisotopic (exact) mass is 326 g/mol. The molecule has 0 aliphatic rings. The van der Waals surface area contributed by atoms with Gasteiger partial charge in [0.15, 0.2) is 0 Å². The fourth-order valence-electron chi connectivity index (χ4n) is 3.86. The average molecular weight is 326 g/mol. The minimum atomic E-state index is 1.15. The number of benzene rings is 4. The Labute approximate surface area is 145 Å². The van der Waals surface area contributed by atoms with Crippen molar-refractivity contribution in [2.45, 2.75) is 19.8 Å². The molecule has 0 amide bonds. The van der Waals surface area contributed by atoms with Crippen LogP contribution >= 0.6 is 11.3 Å². The number of aryl methyl sites for hydroxylation is 1. The maximum absolute atomic E-state index is 2.36. The molecule has 0 radical (unpaired) electrons. The van der Waals surface area contributed by atoms with E-state index in [4.69, 9.17) is 0 Å². The van der Waals surface area contributed by atoms with Gasteiger partial charge in [-0.15, -0.1) is 11.3 Å². The van der Waals surface area contributed by atoms with E-state index in [1.807, 2.05) is 11.3 Å². The van der Waals surface area contributed by atoms with E-state index in [2.05, 4.69) is 73.7 Å². The van der Waals surface area contributed by atoms with Gasteiger partial charge >= 0.3 is 0 Å². The number of thiophene rings is 1. The molecule has 5 rings (SSSR count). The first-order valence-corrected chi connectivity index (χ1v) is 9.42. The third-order valence-corrected chi connectivity index (χ3v) is 6.09. The molecule has 24 heavy (non-hydrogen) atoms. The molecule has 1 heteroatoms. The Bertz CT molecular complexity index is 1210. The van der Waals surface area contributed by atoms with Gasteiger partial charge in [0.1, 0.15) is 0 Å². The molecule has 116 valence electrons. The predicted octanol–water partition coefficient (Wildman–Crippen LogP) is 7.31. The van der Waals surface area contributed by atoms with Gasteiger partial charge in [0.2, 0.25) is 0 Å². The third kappa shape index (κ3) is 1.98. The summed E-state index contributed by atoms with van der Waals surface area (Å²) in [5, 5.41) is 8.25. The molecular formula is C23H18S. The molecule has 0 aliphatic carbocycles. The van der Waals surface area contributed by atoms with E-state index >= 15 is 0 Å². The Morgan fingerprint density at radius 2 is 1.54 bits per heavy atom. The van der Waals surface area contributed by atoms with Crippen molar-refractivity contribution in [3.63, 3.8) is 0 Å². The van der Waals surface area contributed by atoms with Gasteiger partial charge in [-0.2, -0.15) is 0 Å². The lowest BCUT2D eigenvalue weighted by Crippen LogP contribution is -1.84. The van der Waals surface area contributed by atoms with Crippen molar-refractivity contribution >= 4 is 53.1 Å². The van der Waals surface area contributed by atoms with Crippen LogP contribution < -0.4 is 0 Å². The summed E-state index contributed by atoms with van der Waals surface area (Å²) in [6, 6.07) is 24.9. The number of hydrogen-bond donors (Lipinski definition) is 0. The first kappa shape index (κ1) is 14.0. The fourth-order valence-corrected chi connectivity index (χ4v) is 4.99. The minimum absolute atomic E-state index is 1.15. The highest BCUT2D eigenvalue weighted by molar-refractivity contribution is 7.26. The Balaban J connectivity index is 1.91. The van der Waals surface area contributed by atoms with Gasteiger partial charge in [0.05, 0.1) is 0 Å². The molecule has 4 aromatic carbocycles. The summed E-state index contributed by atoms with van der Waals surface area (Å²) >= 11 is 1.89. The predicted molar refractivity (Wildman–Crippen MR) is 108 cm³/mol. The molecule has 1 heterocycles. The molecule has 0 saturated carbocycles. The van der Waals surface area contributed by atoms with Crippen molar-refractivity contribution in [3.05, 3.63) is 72.3 Å². The zero-order valence-electron chi connectivity index (χ0n) is 13.7. The molecular weight excluding hydrogens is 308 g/mol. The Morgan fingerprint density at radius 3 is 2.46 bits per heavy atom. The van der Waals surface area contributed by atoms with E-state index in [1.54, 1.807) is 0 Å². The minimum Gasteiger partial charge on any atom is -0.135 e. The molecule has 0 atom stereocenters. The smallest absolute Gasteiger partial charge is 0.0361 e. The molecule has 0 spiro atoms. The Kier molecular flexibility index (Phi) is 3.11. The van der Waals surface area contributed by atoms with E-state index < -0.39 is 0 Å². The molecule has 0 aliphatic heterocycles. The molecule has 0 bridgehead atoms. The number of rotatable bonds is 2. The third-order valence-electron chi connectivity index (χ3n) is 4.96. The summed E-state index contributed by atoms with van der Waals surface area (Å²) in [5.74, 6) is 0. The van der Waals surface area contributed by atoms with Crippen molar-refractivity contribution in [3.8, 4) is 0 Å². The first-order chi connectivity index (χ1) is 11.8. The van der Waals surface area contributed by atoms with Crippen LogP contribution in [-0.4, -0.2) is 0 Å². The van der Waals surface area contributed by atoms with Gasteiger partial charge in [-0.1, -0.05) is 67.9 Å². The highest BCUT2D eigenvalue weighted by Gasteiger charge is 2.10. The Morgan fingerprint density at radius 1 is 0.708 bits per heavy atom. The van der Waals surface area contributed by atoms with Crippen molar-refractivity contribution in [1.82, 2.24) is 0 Å². The van der Waals surface area contributed by atoms with Crippen LogP contribution in [0.3, 0.4) is 0 Å². The van der Waals surface area contributed by atoms with Crippen LogP contribution in [0.2, 0.25) is 0 Å². The van der Waals surface area contributed by atoms with Crippen molar-refractivity contribution < 1.29 is 0 Å². The zero-order chi connectivity index (χ0) is 16.1. The summed E-state index contributed by atoms with van der Waals surface area (Å²) in [5.41, 5.74) is 1.44. The van der Waals surface area contributed by atoms with Crippen molar-refractivity contribution in [2.24, 2.45) is 0 Å². The van der Waals surface area contributed by atoms with Gasteiger partial charge in [-0.05, 0) is 45.7 Å². The largest absolute Gasteiger partial charge is 0.135 e. The van der Waals surface area contributed by atoms with Crippen molar-refractivity contribution in [2.75, 3.05) is 0 Å². The molecule has 0 nitrogen and oxygen atoms in total. The second kappa shape index (κ2) is 5.32. The maximum Gasteiger partial charge on any atom is 0.0361 e. The van der Waals surface area contributed by atoms with E-state index in [0.717, 1.165) is 6.42 Å². The second-order valence-electron chi connectivity index (χ2n) is 6.50. The van der Waals surface area contributed by atoms with Crippen LogP contribution in [0.4, 0.5) is 0 Å². The van der Waals surface area contributed by atoms with Crippen LogP contribution in [0, 0.1) is 0 Å². The molecule has 0 fully saturated rings. The van der Waals surface area contributed by atoms with E-state index in [1.165, 1.54) is 53.7 Å². The lowest BCUT2D eigenvalue weighted by Gasteiger charge is -2.08. The van der Waals surface area contributed by atoms with Crippen LogP contribution in [-0.2, 0) is 6.42 Å². The summed E-state index contributed by atoms with van der Waals surface area (Å²) in [4.78, 5) is 0. The summed E-state index contributed by atoms with van der Waals surface area (Å²) in [7, 11) is 0. The van der Waals surface area contributed by atoms with Crippen LogP contribution in [0.1, 0.15) is 18.9 Å². The topological polar surface area (TPSA) is 0 Å². The zero-order valence-corrected chi connectivity index (χ0v) is 14.5. The van der Waals surface area contributed by atoms with Crippen LogP contribution in [0.25, 0.3) is 41.7 Å². The maximum atomic E-state index is 2.36. The molecule has 1 aromatic heterocycles. The molecule has 0 unspecified atom stereocenters. The van der Waals surface area contributed by atoms with E-state index in [0.29, 0.717) is 0 Å². The van der Waals surface area contributed by atoms with Gasteiger partial charge in [-0.25, -0.2) is 0 Å². The van der Waals surface area contributed by atoms with Gasteiger partial charge in [0, 0.05) is 20.2 Å². The summed E-state index contributed by atoms with van der Waals surface area (Å²) < 4.78 is 2.75. The lowest BCUT2D eigenvalue weighted by atomic mass is 9.96. The lowest BCUT2D eigenvalue weighted by molar-refractivity contribution is 0.924. The van der Waals surface area contributed by atoms with Gasteiger partial charge < -0.3 is 0 Å².